The average molecular weight is 524 g/mol. The van der Waals surface area contributed by atoms with Crippen LogP contribution in [0.2, 0.25) is 0 Å². The molecule has 2 aromatic rings. The molecule has 0 radical (unpaired) electrons. The van der Waals surface area contributed by atoms with E-state index >= 15 is 0 Å². The first kappa shape index (κ1) is 26.7. The highest BCUT2D eigenvalue weighted by Crippen LogP contribution is 2.33. The molecule has 0 unspecified atom stereocenters. The van der Waals surface area contributed by atoms with E-state index in [4.69, 9.17) is 0 Å². The van der Waals surface area contributed by atoms with Gasteiger partial charge < -0.3 is 24.9 Å². The quantitative estimate of drug-likeness (QED) is 0.515. The van der Waals surface area contributed by atoms with Crippen molar-refractivity contribution < 1.29 is 4.79 Å². The molecule has 1 aromatic carbocycles. The Bertz CT molecular complexity index is 999. The number of nitrogens with zero attached hydrogens (tertiary/aromatic N) is 4. The fourth-order valence-corrected chi connectivity index (χ4v) is 7.25. The topological polar surface area (TPSA) is 42.1 Å². The maximum absolute atomic E-state index is 12.9. The molecule has 6 nitrogen and oxygen atoms in total. The molecule has 3 aliphatic rings. The molecule has 7 heteroatoms. The predicted molar refractivity (Wildman–Crippen MR) is 156 cm³/mol. The number of benzene rings is 1. The van der Waals surface area contributed by atoms with Crippen molar-refractivity contribution in [2.24, 2.45) is 0 Å². The highest BCUT2D eigenvalue weighted by Gasteiger charge is 2.25. The minimum Gasteiger partial charge on any atom is -0.369 e. The van der Waals surface area contributed by atoms with Crippen LogP contribution >= 0.6 is 11.3 Å². The number of amides is 1. The van der Waals surface area contributed by atoms with E-state index in [2.05, 4.69) is 69.2 Å². The van der Waals surface area contributed by atoms with Gasteiger partial charge in [-0.05, 0) is 108 Å². The van der Waals surface area contributed by atoms with Crippen LogP contribution in [-0.2, 0) is 0 Å². The van der Waals surface area contributed by atoms with E-state index in [0.29, 0.717) is 0 Å². The summed E-state index contributed by atoms with van der Waals surface area (Å²) in [4.78, 5) is 25.1. The Morgan fingerprint density at radius 3 is 2.35 bits per heavy atom. The molecule has 1 aromatic heterocycles. The first-order valence-electron chi connectivity index (χ1n) is 14.5. The number of likely N-dealkylation sites (tertiary alicyclic amines) is 2. The monoisotopic (exact) mass is 523 g/mol. The summed E-state index contributed by atoms with van der Waals surface area (Å²) in [6, 6.07) is 11.7. The molecule has 5 rings (SSSR count). The first-order chi connectivity index (χ1) is 18.1. The Labute approximate surface area is 227 Å². The lowest BCUT2D eigenvalue weighted by Gasteiger charge is -2.40. The van der Waals surface area contributed by atoms with Crippen LogP contribution in [-0.4, -0.2) is 99.1 Å². The Morgan fingerprint density at radius 1 is 0.946 bits per heavy atom. The van der Waals surface area contributed by atoms with Gasteiger partial charge in [0.15, 0.2) is 0 Å². The number of anilines is 1. The van der Waals surface area contributed by atoms with Crippen LogP contribution in [0.25, 0.3) is 10.4 Å². The molecule has 1 N–H and O–H groups in total. The van der Waals surface area contributed by atoms with Crippen molar-refractivity contribution in [3.8, 4) is 10.4 Å². The van der Waals surface area contributed by atoms with Crippen LogP contribution in [0, 0.1) is 6.92 Å². The van der Waals surface area contributed by atoms with Gasteiger partial charge >= 0.3 is 0 Å². The van der Waals surface area contributed by atoms with Gasteiger partial charge in [0.05, 0.1) is 4.88 Å². The highest BCUT2D eigenvalue weighted by atomic mass is 32.1. The molecule has 0 atom stereocenters. The van der Waals surface area contributed by atoms with Gasteiger partial charge in [-0.3, -0.25) is 4.79 Å². The first-order valence-corrected chi connectivity index (χ1v) is 15.3. The van der Waals surface area contributed by atoms with Crippen LogP contribution in [0.4, 0.5) is 5.69 Å². The van der Waals surface area contributed by atoms with Crippen LogP contribution in [0.1, 0.15) is 53.8 Å². The Hall–Kier alpha value is -1.93. The Kier molecular flexibility index (Phi) is 9.19. The molecule has 3 aliphatic heterocycles. The lowest BCUT2D eigenvalue weighted by molar-refractivity contribution is 0.0904. The molecular formula is C30H45N5OS. The second kappa shape index (κ2) is 12.7. The van der Waals surface area contributed by atoms with E-state index in [9.17, 15) is 4.79 Å². The molecule has 4 heterocycles. The van der Waals surface area contributed by atoms with E-state index in [-0.39, 0.29) is 5.91 Å². The van der Waals surface area contributed by atoms with E-state index in [0.717, 1.165) is 56.6 Å². The highest BCUT2D eigenvalue weighted by molar-refractivity contribution is 7.17. The molecular weight excluding hydrogens is 478 g/mol. The maximum atomic E-state index is 12.9. The van der Waals surface area contributed by atoms with E-state index in [1.807, 2.05) is 0 Å². The van der Waals surface area contributed by atoms with Gasteiger partial charge in [0, 0.05) is 49.3 Å². The average Bonchev–Trinajstić information content (AvgIpc) is 3.34. The Morgan fingerprint density at radius 2 is 1.65 bits per heavy atom. The number of carbonyl (C=O) groups is 1. The molecule has 0 saturated carbocycles. The molecule has 1 amide bonds. The minimum atomic E-state index is 0.0669. The van der Waals surface area contributed by atoms with Gasteiger partial charge in [0.1, 0.15) is 0 Å². The van der Waals surface area contributed by atoms with Crippen molar-refractivity contribution in [3.05, 3.63) is 40.8 Å². The summed E-state index contributed by atoms with van der Waals surface area (Å²) in [5.74, 6) is 0.0669. The Balaban J connectivity index is 1.05. The fourth-order valence-electron chi connectivity index (χ4n) is 6.15. The zero-order valence-electron chi connectivity index (χ0n) is 22.9. The second-order valence-corrected chi connectivity index (χ2v) is 12.3. The molecule has 0 spiro atoms. The number of likely N-dealkylation sites (N-methyl/N-ethyl adjacent to an activating group) is 1. The summed E-state index contributed by atoms with van der Waals surface area (Å²) < 4.78 is 0. The standard InChI is InChI=1S/C30H45N5OS/c1-24-23-28(37-29(24)25-7-9-26(10-8-25)35-21-19-32(2)20-22-35)30(36)31-13-6-14-33-17-11-27(12-18-33)34-15-4-3-5-16-34/h7-10,23,27H,3-6,11-22H2,1-2H3,(H,31,36). The lowest BCUT2D eigenvalue weighted by Crippen LogP contribution is -2.47. The molecule has 0 bridgehead atoms. The number of nitrogens with one attached hydrogen (secondary N) is 1. The largest absolute Gasteiger partial charge is 0.369 e. The van der Waals surface area contributed by atoms with Gasteiger partial charge in [0.2, 0.25) is 0 Å². The van der Waals surface area contributed by atoms with Gasteiger partial charge in [-0.1, -0.05) is 18.6 Å². The summed E-state index contributed by atoms with van der Waals surface area (Å²) in [7, 11) is 2.19. The smallest absolute Gasteiger partial charge is 0.261 e. The predicted octanol–water partition coefficient (Wildman–Crippen LogP) is 4.55. The number of piperazine rings is 1. The number of hydrogen-bond donors (Lipinski definition) is 1. The van der Waals surface area contributed by atoms with Crippen LogP contribution in [0.3, 0.4) is 0 Å². The number of rotatable bonds is 8. The number of aryl methyl sites for hydroxylation is 1. The number of carbonyl (C=O) groups excluding carboxylic acids is 1. The van der Waals surface area contributed by atoms with Crippen molar-refractivity contribution in [3.63, 3.8) is 0 Å². The van der Waals surface area contributed by atoms with Gasteiger partial charge in [0.25, 0.3) is 5.91 Å². The van der Waals surface area contributed by atoms with Crippen molar-refractivity contribution >= 4 is 22.9 Å². The molecule has 0 aliphatic carbocycles. The van der Waals surface area contributed by atoms with Crippen molar-refractivity contribution in [1.29, 1.82) is 0 Å². The lowest BCUT2D eigenvalue weighted by atomic mass is 10.00. The third-order valence-corrected chi connectivity index (χ3v) is 9.83. The summed E-state index contributed by atoms with van der Waals surface area (Å²) in [6.45, 7) is 13.4. The van der Waals surface area contributed by atoms with E-state index in [1.54, 1.807) is 11.3 Å². The van der Waals surface area contributed by atoms with E-state index in [1.165, 1.54) is 80.0 Å². The molecule has 3 saturated heterocycles. The summed E-state index contributed by atoms with van der Waals surface area (Å²) >= 11 is 1.61. The van der Waals surface area contributed by atoms with Gasteiger partial charge in [-0.25, -0.2) is 0 Å². The van der Waals surface area contributed by atoms with Crippen molar-refractivity contribution in [2.45, 2.75) is 51.5 Å². The molecule has 202 valence electrons. The zero-order chi connectivity index (χ0) is 25.6. The van der Waals surface area contributed by atoms with Crippen LogP contribution < -0.4 is 10.2 Å². The zero-order valence-corrected chi connectivity index (χ0v) is 23.7. The maximum Gasteiger partial charge on any atom is 0.261 e. The van der Waals surface area contributed by atoms with Crippen molar-refractivity contribution in [2.75, 3.05) is 77.4 Å². The summed E-state index contributed by atoms with van der Waals surface area (Å²) in [5, 5.41) is 3.17. The normalized spacial score (nSPS) is 20.9. The second-order valence-electron chi connectivity index (χ2n) is 11.2. The summed E-state index contributed by atoms with van der Waals surface area (Å²) in [6.07, 6.45) is 7.81. The van der Waals surface area contributed by atoms with E-state index < -0.39 is 0 Å². The summed E-state index contributed by atoms with van der Waals surface area (Å²) in [5.41, 5.74) is 3.67. The molecule has 37 heavy (non-hydrogen) atoms. The number of piperidine rings is 2. The van der Waals surface area contributed by atoms with Gasteiger partial charge in [-0.15, -0.1) is 11.3 Å². The SMILES string of the molecule is Cc1cc(C(=O)NCCCN2CCC(N3CCCCC3)CC2)sc1-c1ccc(N2CCN(C)CC2)cc1. The third kappa shape index (κ3) is 6.94. The molecule has 3 fully saturated rings. The minimum absolute atomic E-state index is 0.0669. The number of hydrogen-bond acceptors (Lipinski definition) is 6. The van der Waals surface area contributed by atoms with Crippen LogP contribution in [0.15, 0.2) is 30.3 Å². The van der Waals surface area contributed by atoms with Gasteiger partial charge in [-0.2, -0.15) is 0 Å². The van der Waals surface area contributed by atoms with Crippen molar-refractivity contribution in [1.82, 2.24) is 20.0 Å². The van der Waals surface area contributed by atoms with Crippen LogP contribution in [0.5, 0.6) is 0 Å². The fraction of sp³-hybridized carbons (Fsp3) is 0.633. The third-order valence-electron chi connectivity index (χ3n) is 8.54. The number of thiophene rings is 1.